The quantitative estimate of drug-likeness (QED) is 0.928. The van der Waals surface area contributed by atoms with E-state index in [1.54, 1.807) is 6.07 Å². The molecule has 2 atom stereocenters. The van der Waals surface area contributed by atoms with E-state index in [1.165, 1.54) is 25.0 Å². The Balaban J connectivity index is 1.83. The highest BCUT2D eigenvalue weighted by molar-refractivity contribution is 5.91. The molecule has 106 valence electrons. The molecule has 1 fully saturated rings. The summed E-state index contributed by atoms with van der Waals surface area (Å²) >= 11 is 0. The molecule has 0 aliphatic heterocycles. The Morgan fingerprint density at radius 2 is 2.20 bits per heavy atom. The van der Waals surface area contributed by atoms with Gasteiger partial charge < -0.3 is 14.3 Å². The zero-order valence-electron chi connectivity index (χ0n) is 11.3. The van der Waals surface area contributed by atoms with Crippen molar-refractivity contribution in [3.05, 3.63) is 23.8 Å². The third-order valence-electron chi connectivity index (χ3n) is 3.90. The van der Waals surface area contributed by atoms with Crippen molar-refractivity contribution < 1.29 is 19.1 Å². The van der Waals surface area contributed by atoms with Gasteiger partial charge in [-0.3, -0.25) is 0 Å². The zero-order chi connectivity index (χ0) is 14.1. The van der Waals surface area contributed by atoms with Crippen LogP contribution in [0.1, 0.15) is 43.0 Å². The average Bonchev–Trinajstić information content (AvgIpc) is 2.82. The van der Waals surface area contributed by atoms with Crippen LogP contribution in [0.5, 0.6) is 6.08 Å². The maximum absolute atomic E-state index is 10.9. The van der Waals surface area contributed by atoms with E-state index < -0.39 is 5.97 Å². The Bertz CT molecular complexity index is 634. The molecule has 5 heteroatoms. The van der Waals surface area contributed by atoms with E-state index in [0.717, 1.165) is 12.8 Å². The lowest BCUT2D eigenvalue weighted by atomic mass is 9.88. The number of hydrogen-bond donors (Lipinski definition) is 1. The summed E-state index contributed by atoms with van der Waals surface area (Å²) in [5, 5.41) is 8.95. The van der Waals surface area contributed by atoms with Crippen LogP contribution in [-0.4, -0.2) is 22.2 Å². The molecule has 2 aromatic rings. The molecule has 20 heavy (non-hydrogen) atoms. The largest absolute Gasteiger partial charge is 0.478 e. The molecule has 0 bridgehead atoms. The highest BCUT2D eigenvalue weighted by atomic mass is 16.6. The van der Waals surface area contributed by atoms with Gasteiger partial charge in [-0.05, 0) is 43.4 Å². The molecule has 5 nitrogen and oxygen atoms in total. The number of carboxylic acids is 1. The van der Waals surface area contributed by atoms with Gasteiger partial charge in [0.1, 0.15) is 11.6 Å². The van der Waals surface area contributed by atoms with Crippen LogP contribution >= 0.6 is 0 Å². The molecular weight excluding hydrogens is 258 g/mol. The lowest BCUT2D eigenvalue weighted by Gasteiger charge is -2.27. The monoisotopic (exact) mass is 275 g/mol. The third kappa shape index (κ3) is 2.48. The van der Waals surface area contributed by atoms with Crippen LogP contribution in [0, 0.1) is 5.92 Å². The summed E-state index contributed by atoms with van der Waals surface area (Å²) in [6.07, 6.45) is 4.96. The van der Waals surface area contributed by atoms with Crippen molar-refractivity contribution in [1.29, 1.82) is 0 Å². The molecule has 1 saturated carbocycles. The number of nitrogens with zero attached hydrogens (tertiary/aromatic N) is 1. The Kier molecular flexibility index (Phi) is 3.34. The normalized spacial score (nSPS) is 22.9. The first-order valence-corrected chi connectivity index (χ1v) is 6.94. The van der Waals surface area contributed by atoms with E-state index in [-0.39, 0.29) is 17.7 Å². The maximum Gasteiger partial charge on any atom is 0.394 e. The molecule has 3 rings (SSSR count). The van der Waals surface area contributed by atoms with Crippen molar-refractivity contribution in [2.75, 3.05) is 0 Å². The minimum Gasteiger partial charge on any atom is -0.478 e. The molecule has 1 N–H and O–H groups in total. The highest BCUT2D eigenvalue weighted by Gasteiger charge is 2.24. The van der Waals surface area contributed by atoms with Gasteiger partial charge in [0, 0.05) is 0 Å². The molecule has 0 amide bonds. The molecule has 0 radical (unpaired) electrons. The summed E-state index contributed by atoms with van der Waals surface area (Å²) in [6, 6.07) is 4.63. The second kappa shape index (κ2) is 5.15. The number of benzene rings is 1. The van der Waals surface area contributed by atoms with Gasteiger partial charge in [0.2, 0.25) is 0 Å². The van der Waals surface area contributed by atoms with Crippen LogP contribution in [-0.2, 0) is 0 Å². The molecule has 2 unspecified atom stereocenters. The number of aromatic nitrogens is 1. The van der Waals surface area contributed by atoms with Crippen LogP contribution < -0.4 is 4.74 Å². The molecule has 0 saturated heterocycles. The van der Waals surface area contributed by atoms with E-state index >= 15 is 0 Å². The number of oxazole rings is 1. The van der Waals surface area contributed by atoms with Gasteiger partial charge in [0.05, 0.1) is 5.56 Å². The van der Waals surface area contributed by atoms with Gasteiger partial charge in [-0.1, -0.05) is 13.3 Å². The van der Waals surface area contributed by atoms with Crippen LogP contribution in [0.2, 0.25) is 0 Å². The van der Waals surface area contributed by atoms with Gasteiger partial charge in [-0.2, -0.15) is 4.98 Å². The first-order valence-electron chi connectivity index (χ1n) is 6.94. The smallest absolute Gasteiger partial charge is 0.394 e. The predicted octanol–water partition coefficient (Wildman–Crippen LogP) is 3.48. The number of rotatable bonds is 3. The van der Waals surface area contributed by atoms with Gasteiger partial charge in [0.25, 0.3) is 0 Å². The van der Waals surface area contributed by atoms with Gasteiger partial charge in [0.15, 0.2) is 5.58 Å². The maximum atomic E-state index is 10.9. The third-order valence-corrected chi connectivity index (χ3v) is 3.90. The number of ether oxygens (including phenoxy) is 1. The Hall–Kier alpha value is -2.04. The topological polar surface area (TPSA) is 72.6 Å². The van der Waals surface area contributed by atoms with Gasteiger partial charge in [-0.25, -0.2) is 4.79 Å². The number of carboxylic acid groups (broad SMARTS) is 1. The molecule has 1 aromatic heterocycles. The average molecular weight is 275 g/mol. The summed E-state index contributed by atoms with van der Waals surface area (Å²) in [4.78, 5) is 15.2. The fraction of sp³-hybridized carbons (Fsp3) is 0.467. The fourth-order valence-corrected chi connectivity index (χ4v) is 2.67. The van der Waals surface area contributed by atoms with E-state index in [1.807, 2.05) is 0 Å². The molecule has 1 heterocycles. The van der Waals surface area contributed by atoms with Crippen LogP contribution in [0.3, 0.4) is 0 Å². The predicted molar refractivity (Wildman–Crippen MR) is 73.0 cm³/mol. The standard InChI is InChI=1S/C15H17NO4/c1-9-4-2-3-5-12(9)19-15-16-11-7-6-10(14(17)18)8-13(11)20-15/h6-9,12H,2-5H2,1H3,(H,17,18). The summed E-state index contributed by atoms with van der Waals surface area (Å²) in [5.74, 6) is -0.486. The second-order valence-corrected chi connectivity index (χ2v) is 5.39. The van der Waals surface area contributed by atoms with Gasteiger partial charge in [-0.15, -0.1) is 0 Å². The van der Waals surface area contributed by atoms with E-state index in [9.17, 15) is 4.79 Å². The van der Waals surface area contributed by atoms with Crippen molar-refractivity contribution in [2.45, 2.75) is 38.7 Å². The summed E-state index contributed by atoms with van der Waals surface area (Å²) in [7, 11) is 0. The SMILES string of the molecule is CC1CCCCC1Oc1nc2ccc(C(=O)O)cc2o1. The first kappa shape index (κ1) is 13.0. The molecule has 1 aliphatic rings. The fourth-order valence-electron chi connectivity index (χ4n) is 2.67. The second-order valence-electron chi connectivity index (χ2n) is 5.39. The Morgan fingerprint density at radius 3 is 2.95 bits per heavy atom. The number of fused-ring (bicyclic) bond motifs is 1. The Morgan fingerprint density at radius 1 is 1.40 bits per heavy atom. The first-order chi connectivity index (χ1) is 9.63. The summed E-state index contributed by atoms with van der Waals surface area (Å²) < 4.78 is 11.3. The van der Waals surface area contributed by atoms with Crippen molar-refractivity contribution in [1.82, 2.24) is 4.98 Å². The molecular formula is C15H17NO4. The minimum atomic E-state index is -0.980. The number of carbonyl (C=O) groups is 1. The lowest BCUT2D eigenvalue weighted by Crippen LogP contribution is -2.28. The molecule has 1 aromatic carbocycles. The van der Waals surface area contributed by atoms with E-state index in [0.29, 0.717) is 17.0 Å². The van der Waals surface area contributed by atoms with E-state index in [4.69, 9.17) is 14.3 Å². The lowest BCUT2D eigenvalue weighted by molar-refractivity contribution is 0.0694. The highest BCUT2D eigenvalue weighted by Crippen LogP contribution is 2.29. The number of aromatic carboxylic acids is 1. The van der Waals surface area contributed by atoms with Crippen LogP contribution in [0.25, 0.3) is 11.1 Å². The summed E-state index contributed by atoms with van der Waals surface area (Å²) in [5.41, 5.74) is 1.25. The van der Waals surface area contributed by atoms with Crippen molar-refractivity contribution in [3.63, 3.8) is 0 Å². The van der Waals surface area contributed by atoms with Crippen LogP contribution in [0.15, 0.2) is 22.6 Å². The zero-order valence-corrected chi connectivity index (χ0v) is 11.3. The van der Waals surface area contributed by atoms with Crippen molar-refractivity contribution >= 4 is 17.1 Å². The number of hydrogen-bond acceptors (Lipinski definition) is 4. The van der Waals surface area contributed by atoms with Crippen molar-refractivity contribution in [2.24, 2.45) is 5.92 Å². The van der Waals surface area contributed by atoms with Crippen LogP contribution in [0.4, 0.5) is 0 Å². The van der Waals surface area contributed by atoms with Gasteiger partial charge >= 0.3 is 12.0 Å². The molecule has 0 spiro atoms. The Labute approximate surface area is 116 Å². The molecule has 1 aliphatic carbocycles. The van der Waals surface area contributed by atoms with E-state index in [2.05, 4.69) is 11.9 Å². The summed E-state index contributed by atoms with van der Waals surface area (Å²) in [6.45, 7) is 2.18. The van der Waals surface area contributed by atoms with Crippen molar-refractivity contribution in [3.8, 4) is 6.08 Å². The minimum absolute atomic E-state index is 0.135.